The van der Waals surface area contributed by atoms with Gasteiger partial charge < -0.3 is 15.8 Å². The lowest BCUT2D eigenvalue weighted by atomic mass is 10.0. The summed E-state index contributed by atoms with van der Waals surface area (Å²) in [4.78, 5) is 11.6. The first kappa shape index (κ1) is 14.7. The van der Waals surface area contributed by atoms with E-state index in [-0.39, 0.29) is 30.3 Å². The van der Waals surface area contributed by atoms with Gasteiger partial charge in [0, 0.05) is 19.3 Å². The van der Waals surface area contributed by atoms with Crippen molar-refractivity contribution >= 4 is 18.3 Å². The lowest BCUT2D eigenvalue weighted by Crippen LogP contribution is -2.49. The zero-order valence-electron chi connectivity index (χ0n) is 9.36. The van der Waals surface area contributed by atoms with Gasteiger partial charge in [-0.15, -0.1) is 12.4 Å². The minimum atomic E-state index is -0.391. The van der Waals surface area contributed by atoms with E-state index in [0.29, 0.717) is 0 Å². The molecule has 0 unspecified atom stereocenters. The molecule has 0 spiro atoms. The molecule has 1 aliphatic heterocycles. The summed E-state index contributed by atoms with van der Waals surface area (Å²) >= 11 is 0. The molecule has 1 heterocycles. The molecule has 0 bridgehead atoms. The van der Waals surface area contributed by atoms with Crippen molar-refractivity contribution in [2.45, 2.75) is 38.8 Å². The highest BCUT2D eigenvalue weighted by atomic mass is 35.5. The van der Waals surface area contributed by atoms with E-state index in [0.717, 1.165) is 26.1 Å². The molecule has 1 amide bonds. The van der Waals surface area contributed by atoms with Crippen LogP contribution in [-0.2, 0) is 9.53 Å². The molecular weight excluding hydrogens is 216 g/mol. The van der Waals surface area contributed by atoms with Crippen LogP contribution in [0, 0.1) is 5.92 Å². The summed E-state index contributed by atoms with van der Waals surface area (Å²) in [5, 5.41) is 2.96. The molecule has 4 nitrogen and oxygen atoms in total. The van der Waals surface area contributed by atoms with E-state index in [1.165, 1.54) is 0 Å². The number of hydrogen-bond donors (Lipinski definition) is 2. The fraction of sp³-hybridized carbons (Fsp3) is 0.900. The second-order valence-corrected chi connectivity index (χ2v) is 4.17. The number of ether oxygens (including phenoxy) is 1. The third-order valence-corrected chi connectivity index (χ3v) is 2.59. The Morgan fingerprint density at radius 2 is 1.93 bits per heavy atom. The van der Waals surface area contributed by atoms with Crippen LogP contribution in [0.2, 0.25) is 0 Å². The first-order valence-electron chi connectivity index (χ1n) is 5.25. The normalized spacial score (nSPS) is 19.5. The van der Waals surface area contributed by atoms with Crippen molar-refractivity contribution < 1.29 is 9.53 Å². The molecule has 0 aliphatic carbocycles. The molecule has 0 aromatic rings. The molecule has 0 radical (unpaired) electrons. The van der Waals surface area contributed by atoms with Gasteiger partial charge in [-0.2, -0.15) is 0 Å². The van der Waals surface area contributed by atoms with E-state index in [1.807, 2.05) is 13.8 Å². The molecule has 0 saturated carbocycles. The molecule has 3 N–H and O–H groups in total. The van der Waals surface area contributed by atoms with Crippen LogP contribution < -0.4 is 11.1 Å². The second kappa shape index (κ2) is 7.04. The summed E-state index contributed by atoms with van der Waals surface area (Å²) in [5.41, 5.74) is 5.73. The second-order valence-electron chi connectivity index (χ2n) is 4.17. The number of hydrogen-bond acceptors (Lipinski definition) is 3. The van der Waals surface area contributed by atoms with E-state index < -0.39 is 6.04 Å². The molecule has 1 atom stereocenters. The molecule has 0 aromatic heterocycles. The highest BCUT2D eigenvalue weighted by Gasteiger charge is 2.21. The summed E-state index contributed by atoms with van der Waals surface area (Å²) in [6.07, 6.45) is 1.80. The van der Waals surface area contributed by atoms with Crippen LogP contribution in [0.5, 0.6) is 0 Å². The van der Waals surface area contributed by atoms with Crippen molar-refractivity contribution in [1.82, 2.24) is 5.32 Å². The average molecular weight is 237 g/mol. The summed E-state index contributed by atoms with van der Waals surface area (Å²) in [6, 6.07) is -0.140. The van der Waals surface area contributed by atoms with Gasteiger partial charge in [0.25, 0.3) is 0 Å². The minimum absolute atomic E-state index is 0. The van der Waals surface area contributed by atoms with Crippen molar-refractivity contribution in [1.29, 1.82) is 0 Å². The maximum Gasteiger partial charge on any atom is 0.237 e. The third-order valence-electron chi connectivity index (χ3n) is 2.59. The van der Waals surface area contributed by atoms with Crippen LogP contribution in [0.15, 0.2) is 0 Å². The van der Waals surface area contributed by atoms with Crippen molar-refractivity contribution in [2.75, 3.05) is 13.2 Å². The molecule has 0 aromatic carbocycles. The smallest absolute Gasteiger partial charge is 0.237 e. The van der Waals surface area contributed by atoms with Gasteiger partial charge in [-0.1, -0.05) is 13.8 Å². The average Bonchev–Trinajstić information content (AvgIpc) is 2.18. The van der Waals surface area contributed by atoms with Crippen molar-refractivity contribution in [3.05, 3.63) is 0 Å². The summed E-state index contributed by atoms with van der Waals surface area (Å²) in [6.45, 7) is 5.38. The Bertz CT molecular complexity index is 194. The first-order valence-corrected chi connectivity index (χ1v) is 5.25. The van der Waals surface area contributed by atoms with Gasteiger partial charge in [0.15, 0.2) is 0 Å². The summed E-state index contributed by atoms with van der Waals surface area (Å²) in [7, 11) is 0. The Morgan fingerprint density at radius 1 is 1.40 bits per heavy atom. The number of rotatable bonds is 3. The zero-order valence-corrected chi connectivity index (χ0v) is 10.2. The Hall–Kier alpha value is -0.320. The molecule has 90 valence electrons. The summed E-state index contributed by atoms with van der Waals surface area (Å²) in [5.74, 6) is 0.154. The zero-order chi connectivity index (χ0) is 10.6. The third kappa shape index (κ3) is 4.82. The maximum absolute atomic E-state index is 11.6. The van der Waals surface area contributed by atoms with Gasteiger partial charge in [-0.05, 0) is 18.8 Å². The molecular formula is C10H21ClN2O2. The predicted molar refractivity (Wildman–Crippen MR) is 62.0 cm³/mol. The molecule has 15 heavy (non-hydrogen) atoms. The monoisotopic (exact) mass is 236 g/mol. The molecule has 1 aliphatic rings. The maximum atomic E-state index is 11.6. The quantitative estimate of drug-likeness (QED) is 0.758. The highest BCUT2D eigenvalue weighted by molar-refractivity contribution is 5.85. The van der Waals surface area contributed by atoms with Gasteiger partial charge in [-0.25, -0.2) is 0 Å². The van der Waals surface area contributed by atoms with Crippen LogP contribution >= 0.6 is 12.4 Å². The standard InChI is InChI=1S/C10H20N2O2.ClH/c1-7(2)9(11)10(13)12-8-3-5-14-6-4-8;/h7-9H,3-6,11H2,1-2H3,(H,12,13);1H/t9-;/m1./s1. The van der Waals surface area contributed by atoms with Gasteiger partial charge in [0.05, 0.1) is 6.04 Å². The van der Waals surface area contributed by atoms with Crippen LogP contribution in [0.25, 0.3) is 0 Å². The topological polar surface area (TPSA) is 64.4 Å². The van der Waals surface area contributed by atoms with Gasteiger partial charge in [0.1, 0.15) is 0 Å². The Morgan fingerprint density at radius 3 is 2.40 bits per heavy atom. The predicted octanol–water partition coefficient (Wildman–Crippen LogP) is 0.687. The number of carbonyl (C=O) groups excluding carboxylic acids is 1. The van der Waals surface area contributed by atoms with E-state index in [2.05, 4.69) is 5.32 Å². The van der Waals surface area contributed by atoms with Crippen molar-refractivity contribution in [2.24, 2.45) is 11.7 Å². The van der Waals surface area contributed by atoms with Crippen molar-refractivity contribution in [3.63, 3.8) is 0 Å². The van der Waals surface area contributed by atoms with Crippen LogP contribution in [0.4, 0.5) is 0 Å². The summed E-state index contributed by atoms with van der Waals surface area (Å²) < 4.78 is 5.21. The molecule has 5 heteroatoms. The van der Waals surface area contributed by atoms with E-state index in [4.69, 9.17) is 10.5 Å². The first-order chi connectivity index (χ1) is 6.61. The SMILES string of the molecule is CC(C)[C@@H](N)C(=O)NC1CCOCC1.Cl. The van der Waals surface area contributed by atoms with Crippen LogP contribution in [0.1, 0.15) is 26.7 Å². The fourth-order valence-electron chi connectivity index (χ4n) is 1.44. The Balaban J connectivity index is 0.00000196. The van der Waals surface area contributed by atoms with E-state index >= 15 is 0 Å². The van der Waals surface area contributed by atoms with Crippen LogP contribution in [-0.4, -0.2) is 31.2 Å². The van der Waals surface area contributed by atoms with Gasteiger partial charge >= 0.3 is 0 Å². The fourth-order valence-corrected chi connectivity index (χ4v) is 1.44. The number of amides is 1. The lowest BCUT2D eigenvalue weighted by molar-refractivity contribution is -0.124. The number of nitrogens with two attached hydrogens (primary N) is 1. The Kier molecular flexibility index (Phi) is 6.89. The number of nitrogens with one attached hydrogen (secondary N) is 1. The van der Waals surface area contributed by atoms with Crippen molar-refractivity contribution in [3.8, 4) is 0 Å². The largest absolute Gasteiger partial charge is 0.381 e. The molecule has 1 rings (SSSR count). The van der Waals surface area contributed by atoms with E-state index in [9.17, 15) is 4.79 Å². The molecule has 1 fully saturated rings. The van der Waals surface area contributed by atoms with Gasteiger partial charge in [0.2, 0.25) is 5.91 Å². The van der Waals surface area contributed by atoms with E-state index in [1.54, 1.807) is 0 Å². The minimum Gasteiger partial charge on any atom is -0.381 e. The number of carbonyl (C=O) groups is 1. The van der Waals surface area contributed by atoms with Gasteiger partial charge in [-0.3, -0.25) is 4.79 Å². The number of halogens is 1. The molecule has 1 saturated heterocycles. The highest BCUT2D eigenvalue weighted by Crippen LogP contribution is 2.07. The Labute approximate surface area is 97.3 Å². The van der Waals surface area contributed by atoms with Crippen LogP contribution in [0.3, 0.4) is 0 Å². The lowest BCUT2D eigenvalue weighted by Gasteiger charge is -2.25.